The summed E-state index contributed by atoms with van der Waals surface area (Å²) in [5.41, 5.74) is 0.911. The third kappa shape index (κ3) is 2.67. The number of hydrogen-bond acceptors (Lipinski definition) is 7. The fourth-order valence-electron chi connectivity index (χ4n) is 1.38. The first kappa shape index (κ1) is 12.1. The van der Waals surface area contributed by atoms with Crippen molar-refractivity contribution in [2.75, 3.05) is 6.54 Å². The van der Waals surface area contributed by atoms with Crippen LogP contribution >= 0.6 is 11.5 Å². The lowest BCUT2D eigenvalue weighted by molar-refractivity contribution is 0.420. The smallest absolute Gasteiger partial charge is 0.271 e. The molecule has 6 nitrogen and oxygen atoms in total. The van der Waals surface area contributed by atoms with Gasteiger partial charge in [-0.3, -0.25) is 0 Å². The molecule has 0 unspecified atom stereocenters. The molecule has 0 fully saturated rings. The molecule has 0 aliphatic rings. The highest BCUT2D eigenvalue weighted by molar-refractivity contribution is 7.09. The van der Waals surface area contributed by atoms with Gasteiger partial charge in [0.2, 0.25) is 0 Å². The van der Waals surface area contributed by atoms with Gasteiger partial charge in [0.25, 0.3) is 5.89 Å². The second-order valence-electron chi connectivity index (χ2n) is 3.94. The van der Waals surface area contributed by atoms with E-state index in [4.69, 9.17) is 4.52 Å². The lowest BCUT2D eigenvalue weighted by Crippen LogP contribution is -2.12. The summed E-state index contributed by atoms with van der Waals surface area (Å²) in [6, 6.07) is 0. The normalized spacial score (nSPS) is 11.3. The van der Waals surface area contributed by atoms with Crippen molar-refractivity contribution in [3.8, 4) is 10.8 Å². The molecule has 1 N–H and O–H groups in total. The topological polar surface area (TPSA) is 76.7 Å². The Balaban J connectivity index is 2.21. The number of nitrogens with zero attached hydrogens (tertiary/aromatic N) is 4. The first-order valence-electron chi connectivity index (χ1n) is 5.58. The van der Waals surface area contributed by atoms with Gasteiger partial charge >= 0.3 is 0 Å². The van der Waals surface area contributed by atoms with Crippen molar-refractivity contribution >= 4 is 11.5 Å². The van der Waals surface area contributed by atoms with Crippen LogP contribution in [0.3, 0.4) is 0 Å². The van der Waals surface area contributed by atoms with Gasteiger partial charge in [-0.25, -0.2) is 0 Å². The van der Waals surface area contributed by atoms with Crippen molar-refractivity contribution in [2.45, 2.75) is 33.2 Å². The van der Waals surface area contributed by atoms with Crippen molar-refractivity contribution in [3.63, 3.8) is 0 Å². The molecule has 0 aromatic carbocycles. The standard InChI is InChI=1S/C10H15N5OS/c1-4-11-5-7-12-10(16-14-7)9-8(6(2)3)13-15-17-9/h6,11H,4-5H2,1-3H3. The lowest BCUT2D eigenvalue weighted by atomic mass is 10.1. The zero-order valence-electron chi connectivity index (χ0n) is 10.1. The van der Waals surface area contributed by atoms with E-state index >= 15 is 0 Å². The summed E-state index contributed by atoms with van der Waals surface area (Å²) < 4.78 is 9.17. The molecule has 0 aliphatic heterocycles. The van der Waals surface area contributed by atoms with Crippen LogP contribution in [0.1, 0.15) is 38.2 Å². The third-order valence-corrected chi connectivity index (χ3v) is 2.99. The highest BCUT2D eigenvalue weighted by Gasteiger charge is 2.19. The van der Waals surface area contributed by atoms with Crippen LogP contribution in [0, 0.1) is 0 Å². The summed E-state index contributed by atoms with van der Waals surface area (Å²) >= 11 is 1.29. The van der Waals surface area contributed by atoms with E-state index in [1.807, 2.05) is 6.92 Å². The van der Waals surface area contributed by atoms with Crippen LogP contribution < -0.4 is 5.32 Å². The predicted octanol–water partition coefficient (Wildman–Crippen LogP) is 1.82. The monoisotopic (exact) mass is 253 g/mol. The molecule has 2 aromatic rings. The SMILES string of the molecule is CCNCc1noc(-c2snnc2C(C)C)n1. The lowest BCUT2D eigenvalue weighted by Gasteiger charge is -1.98. The van der Waals surface area contributed by atoms with Crippen LogP contribution in [0.15, 0.2) is 4.52 Å². The molecule has 0 spiro atoms. The second kappa shape index (κ2) is 5.33. The van der Waals surface area contributed by atoms with Crippen LogP contribution in [0.4, 0.5) is 0 Å². The number of nitrogens with one attached hydrogen (secondary N) is 1. The highest BCUT2D eigenvalue weighted by Crippen LogP contribution is 2.29. The van der Waals surface area contributed by atoms with E-state index in [-0.39, 0.29) is 0 Å². The van der Waals surface area contributed by atoms with E-state index in [0.717, 1.165) is 17.1 Å². The molecular weight excluding hydrogens is 238 g/mol. The summed E-state index contributed by atoms with van der Waals surface area (Å²) in [5.74, 6) is 1.47. The number of aromatic nitrogens is 4. The van der Waals surface area contributed by atoms with E-state index in [1.54, 1.807) is 0 Å². The molecule has 92 valence electrons. The van der Waals surface area contributed by atoms with E-state index in [1.165, 1.54) is 11.5 Å². The molecule has 0 atom stereocenters. The van der Waals surface area contributed by atoms with E-state index < -0.39 is 0 Å². The maximum Gasteiger partial charge on any atom is 0.271 e. The largest absolute Gasteiger partial charge is 0.333 e. The second-order valence-corrected chi connectivity index (χ2v) is 4.69. The Kier molecular flexibility index (Phi) is 3.80. The van der Waals surface area contributed by atoms with Gasteiger partial charge in [-0.15, -0.1) is 5.10 Å². The zero-order chi connectivity index (χ0) is 12.3. The minimum Gasteiger partial charge on any atom is -0.333 e. The maximum atomic E-state index is 5.23. The zero-order valence-corrected chi connectivity index (χ0v) is 10.9. The van der Waals surface area contributed by atoms with E-state index in [0.29, 0.717) is 24.2 Å². The fraction of sp³-hybridized carbons (Fsp3) is 0.600. The summed E-state index contributed by atoms with van der Waals surface area (Å²) in [6.45, 7) is 7.66. The number of hydrogen-bond donors (Lipinski definition) is 1. The van der Waals surface area contributed by atoms with Crippen molar-refractivity contribution in [3.05, 3.63) is 11.5 Å². The fourth-order valence-corrected chi connectivity index (χ4v) is 2.12. The Morgan fingerprint density at radius 3 is 2.94 bits per heavy atom. The highest BCUT2D eigenvalue weighted by atomic mass is 32.1. The first-order valence-corrected chi connectivity index (χ1v) is 6.35. The van der Waals surface area contributed by atoms with Crippen molar-refractivity contribution < 1.29 is 4.52 Å². The molecule has 0 aliphatic carbocycles. The summed E-state index contributed by atoms with van der Waals surface area (Å²) in [5, 5.41) is 11.1. The van der Waals surface area contributed by atoms with Gasteiger partial charge in [-0.1, -0.05) is 30.4 Å². The maximum absolute atomic E-state index is 5.23. The molecule has 0 saturated heterocycles. The van der Waals surface area contributed by atoms with Gasteiger partial charge in [0.1, 0.15) is 4.88 Å². The molecular formula is C10H15N5OS. The van der Waals surface area contributed by atoms with Gasteiger partial charge in [-0.2, -0.15) is 4.98 Å². The Morgan fingerprint density at radius 1 is 1.41 bits per heavy atom. The molecule has 17 heavy (non-hydrogen) atoms. The molecule has 0 radical (unpaired) electrons. The summed E-state index contributed by atoms with van der Waals surface area (Å²) in [7, 11) is 0. The molecule has 7 heteroatoms. The van der Waals surface area contributed by atoms with Gasteiger partial charge in [-0.05, 0) is 24.0 Å². The quantitative estimate of drug-likeness (QED) is 0.875. The predicted molar refractivity (Wildman–Crippen MR) is 64.7 cm³/mol. The van der Waals surface area contributed by atoms with E-state index in [9.17, 15) is 0 Å². The molecule has 2 aromatic heterocycles. The van der Waals surface area contributed by atoms with Crippen molar-refractivity contribution in [2.24, 2.45) is 0 Å². The van der Waals surface area contributed by atoms with Crippen LogP contribution in [0.25, 0.3) is 10.8 Å². The Hall–Kier alpha value is -1.34. The Bertz CT molecular complexity index is 479. The first-order chi connectivity index (χ1) is 8.22. The minimum absolute atomic E-state index is 0.299. The van der Waals surface area contributed by atoms with Gasteiger partial charge in [0.05, 0.1) is 12.2 Å². The van der Waals surface area contributed by atoms with Crippen molar-refractivity contribution in [1.29, 1.82) is 0 Å². The van der Waals surface area contributed by atoms with Crippen LogP contribution in [0.5, 0.6) is 0 Å². The molecule has 0 amide bonds. The average Bonchev–Trinajstić information content (AvgIpc) is 2.94. The Labute approximate surface area is 104 Å². The molecule has 0 bridgehead atoms. The molecule has 0 saturated carbocycles. The van der Waals surface area contributed by atoms with Crippen molar-refractivity contribution in [1.82, 2.24) is 25.0 Å². The summed E-state index contributed by atoms with van der Waals surface area (Å²) in [4.78, 5) is 5.19. The third-order valence-electron chi connectivity index (χ3n) is 2.26. The summed E-state index contributed by atoms with van der Waals surface area (Å²) in [6.07, 6.45) is 0. The van der Waals surface area contributed by atoms with Crippen LogP contribution in [-0.2, 0) is 6.54 Å². The van der Waals surface area contributed by atoms with E-state index in [2.05, 4.69) is 38.9 Å². The molecule has 2 rings (SSSR count). The minimum atomic E-state index is 0.299. The average molecular weight is 253 g/mol. The van der Waals surface area contributed by atoms with Gasteiger partial charge < -0.3 is 9.84 Å². The number of rotatable bonds is 5. The van der Waals surface area contributed by atoms with Crippen LogP contribution in [-0.4, -0.2) is 26.3 Å². The van der Waals surface area contributed by atoms with Crippen LogP contribution in [0.2, 0.25) is 0 Å². The molecule has 2 heterocycles. The Morgan fingerprint density at radius 2 is 2.24 bits per heavy atom. The van der Waals surface area contributed by atoms with Gasteiger partial charge in [0.15, 0.2) is 5.82 Å². The van der Waals surface area contributed by atoms with Gasteiger partial charge in [0, 0.05) is 0 Å².